The number of aryl methyl sites for hydroxylation is 2. The van der Waals surface area contributed by atoms with Crippen LogP contribution in [0, 0.1) is 13.8 Å². The lowest BCUT2D eigenvalue weighted by atomic mass is 10.2. The van der Waals surface area contributed by atoms with Crippen molar-refractivity contribution in [2.24, 2.45) is 0 Å². The Morgan fingerprint density at radius 2 is 1.62 bits per heavy atom. The maximum atomic E-state index is 12.7. The molecule has 0 unspecified atom stereocenters. The molecule has 0 aromatic heterocycles. The molecule has 122 valence electrons. The molecule has 0 atom stereocenters. The summed E-state index contributed by atoms with van der Waals surface area (Å²) in [6, 6.07) is 12.4. The van der Waals surface area contributed by atoms with E-state index in [-0.39, 0.29) is 10.7 Å². The maximum Gasteiger partial charge on any atom is 0.283 e. The lowest BCUT2D eigenvalue weighted by Gasteiger charge is -2.17. The van der Waals surface area contributed by atoms with Crippen molar-refractivity contribution in [2.45, 2.75) is 13.8 Å². The number of hydrogen-bond acceptors (Lipinski definition) is 3. The Morgan fingerprint density at radius 1 is 0.917 bits per heavy atom. The predicted octanol–water partition coefficient (Wildman–Crippen LogP) is 4.39. The monoisotopic (exact) mass is 360 g/mol. The normalized spacial score (nSPS) is 14.6. The summed E-state index contributed by atoms with van der Waals surface area (Å²) in [4.78, 5) is 26.3. The minimum atomic E-state index is -0.543. The molecule has 0 aliphatic carbocycles. The molecule has 0 radical (unpaired) electrons. The van der Waals surface area contributed by atoms with E-state index in [0.717, 1.165) is 16.0 Å². The first-order valence-corrected chi connectivity index (χ1v) is 8.03. The fourth-order valence-corrected chi connectivity index (χ4v) is 2.89. The highest BCUT2D eigenvalue weighted by Gasteiger charge is 2.39. The average molecular weight is 361 g/mol. The van der Waals surface area contributed by atoms with E-state index in [1.807, 2.05) is 32.0 Å². The van der Waals surface area contributed by atoms with Gasteiger partial charge in [-0.1, -0.05) is 47.5 Å². The fraction of sp³-hybridized carbons (Fsp3) is 0.111. The molecule has 2 aromatic carbocycles. The van der Waals surface area contributed by atoms with Gasteiger partial charge >= 0.3 is 0 Å². The van der Waals surface area contributed by atoms with Gasteiger partial charge in [-0.2, -0.15) is 0 Å². The number of nitrogens with one attached hydrogen (secondary N) is 1. The van der Waals surface area contributed by atoms with Gasteiger partial charge in [0, 0.05) is 10.7 Å². The molecule has 24 heavy (non-hydrogen) atoms. The molecule has 6 heteroatoms. The van der Waals surface area contributed by atoms with Crippen molar-refractivity contribution in [3.8, 4) is 0 Å². The molecule has 2 amide bonds. The van der Waals surface area contributed by atoms with Gasteiger partial charge in [0.25, 0.3) is 11.8 Å². The number of anilines is 2. The van der Waals surface area contributed by atoms with Crippen molar-refractivity contribution in [3.63, 3.8) is 0 Å². The standard InChI is InChI=1S/C18H14Cl2N2O2/c1-10-7-8-12(19)9-13(10)21-16-15(20)17(23)22(18(16)24)14-6-4-3-5-11(14)2/h3-9,21H,1-2H3. The van der Waals surface area contributed by atoms with E-state index in [1.165, 1.54) is 0 Å². The Bertz CT molecular complexity index is 890. The highest BCUT2D eigenvalue weighted by atomic mass is 35.5. The second kappa shape index (κ2) is 6.30. The number of nitrogens with zero attached hydrogens (tertiary/aromatic N) is 1. The lowest BCUT2D eigenvalue weighted by Crippen LogP contribution is -2.32. The van der Waals surface area contributed by atoms with Crippen LogP contribution in [0.4, 0.5) is 11.4 Å². The van der Waals surface area contributed by atoms with E-state index >= 15 is 0 Å². The number of halogens is 2. The van der Waals surface area contributed by atoms with Gasteiger partial charge in [-0.15, -0.1) is 0 Å². The van der Waals surface area contributed by atoms with E-state index < -0.39 is 11.8 Å². The number of carbonyl (C=O) groups excluding carboxylic acids is 2. The van der Waals surface area contributed by atoms with Crippen molar-refractivity contribution in [2.75, 3.05) is 10.2 Å². The van der Waals surface area contributed by atoms with E-state index in [9.17, 15) is 9.59 Å². The molecule has 0 fully saturated rings. The quantitative estimate of drug-likeness (QED) is 0.825. The minimum Gasteiger partial charge on any atom is -0.349 e. The first kappa shape index (κ1) is 16.6. The number of para-hydroxylation sites is 1. The molecular formula is C18H14Cl2N2O2. The Balaban J connectivity index is 1.98. The minimum absolute atomic E-state index is 0.0512. The summed E-state index contributed by atoms with van der Waals surface area (Å²) >= 11 is 12.1. The van der Waals surface area contributed by atoms with Gasteiger partial charge in [0.1, 0.15) is 10.7 Å². The zero-order valence-electron chi connectivity index (χ0n) is 13.1. The molecule has 4 nitrogen and oxygen atoms in total. The van der Waals surface area contributed by atoms with E-state index in [2.05, 4.69) is 5.32 Å². The molecule has 1 N–H and O–H groups in total. The second-order valence-electron chi connectivity index (χ2n) is 5.51. The maximum absolute atomic E-state index is 12.7. The first-order chi connectivity index (χ1) is 11.4. The molecule has 0 spiro atoms. The summed E-state index contributed by atoms with van der Waals surface area (Å²) in [7, 11) is 0. The van der Waals surface area contributed by atoms with Crippen LogP contribution in [0.1, 0.15) is 11.1 Å². The Kier molecular flexibility index (Phi) is 4.35. The summed E-state index contributed by atoms with van der Waals surface area (Å²) in [5.41, 5.74) is 2.89. The Morgan fingerprint density at radius 3 is 2.33 bits per heavy atom. The summed E-state index contributed by atoms with van der Waals surface area (Å²) < 4.78 is 0. The smallest absolute Gasteiger partial charge is 0.283 e. The third-order valence-electron chi connectivity index (χ3n) is 3.84. The fourth-order valence-electron chi connectivity index (χ4n) is 2.51. The third-order valence-corrected chi connectivity index (χ3v) is 4.43. The number of benzene rings is 2. The molecule has 3 rings (SSSR count). The van der Waals surface area contributed by atoms with E-state index in [0.29, 0.717) is 16.4 Å². The molecule has 0 bridgehead atoms. The van der Waals surface area contributed by atoms with Crippen molar-refractivity contribution < 1.29 is 9.59 Å². The largest absolute Gasteiger partial charge is 0.349 e. The van der Waals surface area contributed by atoms with Crippen LogP contribution in [-0.4, -0.2) is 11.8 Å². The Hall–Kier alpha value is -2.30. The molecule has 1 aliphatic heterocycles. The third kappa shape index (κ3) is 2.79. The average Bonchev–Trinajstić information content (AvgIpc) is 2.75. The topological polar surface area (TPSA) is 49.4 Å². The van der Waals surface area contributed by atoms with Crippen molar-refractivity contribution >= 4 is 46.4 Å². The predicted molar refractivity (Wildman–Crippen MR) is 96.4 cm³/mol. The molecule has 0 saturated heterocycles. The van der Waals surface area contributed by atoms with E-state index in [4.69, 9.17) is 23.2 Å². The van der Waals surface area contributed by atoms with Gasteiger partial charge in [0.2, 0.25) is 0 Å². The van der Waals surface area contributed by atoms with Crippen molar-refractivity contribution in [1.29, 1.82) is 0 Å². The van der Waals surface area contributed by atoms with Crippen LogP contribution in [0.2, 0.25) is 5.02 Å². The van der Waals surface area contributed by atoms with Crippen LogP contribution in [0.3, 0.4) is 0 Å². The number of rotatable bonds is 3. The second-order valence-corrected chi connectivity index (χ2v) is 6.32. The van der Waals surface area contributed by atoms with Crippen molar-refractivity contribution in [1.82, 2.24) is 0 Å². The van der Waals surface area contributed by atoms with Crippen LogP contribution in [-0.2, 0) is 9.59 Å². The van der Waals surface area contributed by atoms with Crippen LogP contribution >= 0.6 is 23.2 Å². The van der Waals surface area contributed by atoms with Gasteiger partial charge < -0.3 is 5.32 Å². The highest BCUT2D eigenvalue weighted by Crippen LogP contribution is 2.32. The van der Waals surface area contributed by atoms with Crippen LogP contribution in [0.15, 0.2) is 53.2 Å². The number of hydrogen-bond donors (Lipinski definition) is 1. The highest BCUT2D eigenvalue weighted by molar-refractivity contribution is 6.53. The number of amides is 2. The summed E-state index contributed by atoms with van der Waals surface area (Å²) in [5, 5.41) is 3.33. The van der Waals surface area contributed by atoms with Crippen molar-refractivity contribution in [3.05, 3.63) is 69.3 Å². The summed E-state index contributed by atoms with van der Waals surface area (Å²) in [5.74, 6) is -1.03. The Labute approximate surface area is 149 Å². The van der Waals surface area contributed by atoms with Gasteiger partial charge in [0.15, 0.2) is 0 Å². The molecule has 2 aromatic rings. The van der Waals surface area contributed by atoms with Gasteiger partial charge in [0.05, 0.1) is 5.69 Å². The molecule has 1 heterocycles. The van der Waals surface area contributed by atoms with E-state index in [1.54, 1.807) is 24.3 Å². The zero-order chi connectivity index (χ0) is 17.4. The number of imide groups is 1. The molecule has 1 aliphatic rings. The molecule has 0 saturated carbocycles. The zero-order valence-corrected chi connectivity index (χ0v) is 14.6. The first-order valence-electron chi connectivity index (χ1n) is 7.27. The lowest BCUT2D eigenvalue weighted by molar-refractivity contribution is -0.120. The van der Waals surface area contributed by atoms with Gasteiger partial charge in [-0.25, -0.2) is 4.90 Å². The SMILES string of the molecule is Cc1ccc(Cl)cc1NC1=C(Cl)C(=O)N(c2ccccc2C)C1=O. The van der Waals surface area contributed by atoms with Gasteiger partial charge in [-0.05, 0) is 43.2 Å². The summed E-state index contributed by atoms with van der Waals surface area (Å²) in [6.07, 6.45) is 0. The summed E-state index contributed by atoms with van der Waals surface area (Å²) in [6.45, 7) is 3.70. The number of carbonyl (C=O) groups is 2. The van der Waals surface area contributed by atoms with Crippen LogP contribution in [0.25, 0.3) is 0 Å². The molecular weight excluding hydrogens is 347 g/mol. The van der Waals surface area contributed by atoms with Crippen LogP contribution < -0.4 is 10.2 Å². The van der Waals surface area contributed by atoms with Crippen LogP contribution in [0.5, 0.6) is 0 Å². The van der Waals surface area contributed by atoms with Gasteiger partial charge in [-0.3, -0.25) is 9.59 Å².